The lowest BCUT2D eigenvalue weighted by molar-refractivity contribution is 0.311. The minimum Gasteiger partial charge on any atom is -0.395 e. The highest BCUT2D eigenvalue weighted by Gasteiger charge is 2.12. The van der Waals surface area contributed by atoms with Crippen LogP contribution in [0.5, 0.6) is 0 Å². The van der Waals surface area contributed by atoms with Gasteiger partial charge >= 0.3 is 0 Å². The monoisotopic (exact) mass is 305 g/mol. The third kappa shape index (κ3) is 2.39. The maximum Gasteiger partial charge on any atom is 0.165 e. The van der Waals surface area contributed by atoms with Crippen LogP contribution in [0.3, 0.4) is 0 Å². The Kier molecular flexibility index (Phi) is 3.36. The molecule has 0 amide bonds. The van der Waals surface area contributed by atoms with E-state index in [4.69, 9.17) is 5.11 Å². The molecule has 0 bridgehead atoms. The lowest BCUT2D eigenvalue weighted by Gasteiger charge is -2.06. The molecule has 0 unspecified atom stereocenters. The van der Waals surface area contributed by atoms with E-state index < -0.39 is 0 Å². The molecule has 0 saturated carbocycles. The molecule has 6 heteroatoms. The van der Waals surface area contributed by atoms with E-state index >= 15 is 0 Å². The van der Waals surface area contributed by atoms with Gasteiger partial charge < -0.3 is 10.4 Å². The summed E-state index contributed by atoms with van der Waals surface area (Å²) in [7, 11) is 0. The molecule has 0 aliphatic rings. The summed E-state index contributed by atoms with van der Waals surface area (Å²) in [5.41, 5.74) is 3.62. The number of aliphatic hydroxyl groups is 1. The van der Waals surface area contributed by atoms with Crippen LogP contribution in [0.1, 0.15) is 0 Å². The number of hydrogen-bond donors (Lipinski definition) is 2. The molecule has 0 aliphatic heterocycles. The van der Waals surface area contributed by atoms with Crippen molar-refractivity contribution < 1.29 is 5.11 Å². The van der Waals surface area contributed by atoms with Gasteiger partial charge in [0.1, 0.15) is 5.82 Å². The number of aromatic nitrogens is 4. The topological polar surface area (TPSA) is 75.3 Å². The zero-order valence-corrected chi connectivity index (χ0v) is 12.3. The van der Waals surface area contributed by atoms with E-state index in [-0.39, 0.29) is 6.61 Å². The Bertz CT molecular complexity index is 974. The van der Waals surface area contributed by atoms with Crippen LogP contribution in [0.15, 0.2) is 55.0 Å². The summed E-state index contributed by atoms with van der Waals surface area (Å²) in [5.74, 6) is 0.710. The van der Waals surface area contributed by atoms with Crippen LogP contribution in [-0.2, 0) is 0 Å². The Hall–Kier alpha value is -2.99. The number of aliphatic hydroxyl groups excluding tert-OH is 1. The predicted octanol–water partition coefficient (Wildman–Crippen LogP) is 2.35. The molecule has 0 spiro atoms. The molecule has 6 nitrogen and oxygen atoms in total. The average molecular weight is 305 g/mol. The average Bonchev–Trinajstić information content (AvgIpc) is 3.02. The number of fused-ring (bicyclic) bond motifs is 2. The van der Waals surface area contributed by atoms with Crippen molar-refractivity contribution >= 4 is 22.4 Å². The zero-order valence-electron chi connectivity index (χ0n) is 12.3. The van der Waals surface area contributed by atoms with Crippen molar-refractivity contribution in [1.82, 2.24) is 19.6 Å². The molecular formula is C17H15N5O. The molecule has 0 fully saturated rings. The summed E-state index contributed by atoms with van der Waals surface area (Å²) in [5, 5.41) is 17.5. The number of pyridine rings is 1. The van der Waals surface area contributed by atoms with Gasteiger partial charge in [0, 0.05) is 35.5 Å². The van der Waals surface area contributed by atoms with Gasteiger partial charge in [-0.2, -0.15) is 5.10 Å². The van der Waals surface area contributed by atoms with Gasteiger partial charge in [0.05, 0.1) is 18.3 Å². The van der Waals surface area contributed by atoms with Crippen molar-refractivity contribution in [2.75, 3.05) is 18.5 Å². The normalized spacial score (nSPS) is 11.2. The van der Waals surface area contributed by atoms with Crippen molar-refractivity contribution in [3.63, 3.8) is 0 Å². The molecule has 4 rings (SSSR count). The summed E-state index contributed by atoms with van der Waals surface area (Å²) in [4.78, 5) is 9.11. The van der Waals surface area contributed by atoms with Crippen molar-refractivity contribution in [3.8, 4) is 11.1 Å². The second-order valence-electron chi connectivity index (χ2n) is 5.17. The van der Waals surface area contributed by atoms with E-state index in [2.05, 4.69) is 20.4 Å². The van der Waals surface area contributed by atoms with Crippen LogP contribution < -0.4 is 5.32 Å². The van der Waals surface area contributed by atoms with E-state index in [1.807, 2.05) is 48.8 Å². The standard InChI is InChI=1S/C17H15N5O/c23-10-8-18-15-6-9-22-17(21-15)14(11-20-22)13-5-1-3-12-4-2-7-19-16(12)13/h1-7,9,11,23H,8,10H2,(H,18,21). The number of benzene rings is 1. The summed E-state index contributed by atoms with van der Waals surface area (Å²) < 4.78 is 1.74. The number of para-hydroxylation sites is 1. The van der Waals surface area contributed by atoms with E-state index in [1.54, 1.807) is 10.7 Å². The van der Waals surface area contributed by atoms with Gasteiger partial charge in [-0.3, -0.25) is 4.98 Å². The lowest BCUT2D eigenvalue weighted by Crippen LogP contribution is -2.07. The van der Waals surface area contributed by atoms with Crippen molar-refractivity contribution in [1.29, 1.82) is 0 Å². The Morgan fingerprint density at radius 1 is 1.09 bits per heavy atom. The molecule has 0 saturated heterocycles. The Morgan fingerprint density at radius 3 is 2.91 bits per heavy atom. The summed E-state index contributed by atoms with van der Waals surface area (Å²) >= 11 is 0. The maximum atomic E-state index is 8.94. The fourth-order valence-electron chi connectivity index (χ4n) is 2.66. The van der Waals surface area contributed by atoms with Gasteiger partial charge in [0.25, 0.3) is 0 Å². The van der Waals surface area contributed by atoms with Crippen molar-refractivity contribution in [2.24, 2.45) is 0 Å². The third-order valence-corrected chi connectivity index (χ3v) is 3.71. The van der Waals surface area contributed by atoms with E-state index in [0.717, 1.165) is 27.7 Å². The van der Waals surface area contributed by atoms with Crippen molar-refractivity contribution in [2.45, 2.75) is 0 Å². The molecule has 23 heavy (non-hydrogen) atoms. The van der Waals surface area contributed by atoms with Gasteiger partial charge in [0.2, 0.25) is 0 Å². The first-order chi connectivity index (χ1) is 11.4. The van der Waals surface area contributed by atoms with Crippen LogP contribution in [0.25, 0.3) is 27.7 Å². The number of nitrogens with one attached hydrogen (secondary N) is 1. The highest BCUT2D eigenvalue weighted by molar-refractivity contribution is 5.96. The Balaban J connectivity index is 1.90. The predicted molar refractivity (Wildman–Crippen MR) is 89.3 cm³/mol. The SMILES string of the molecule is OCCNc1ccn2ncc(-c3cccc4cccnc34)c2n1. The van der Waals surface area contributed by atoms with Gasteiger partial charge in [-0.25, -0.2) is 9.50 Å². The molecule has 114 valence electrons. The molecular weight excluding hydrogens is 290 g/mol. The number of nitrogens with zero attached hydrogens (tertiary/aromatic N) is 4. The van der Waals surface area contributed by atoms with Crippen molar-refractivity contribution in [3.05, 3.63) is 55.0 Å². The summed E-state index contributed by atoms with van der Waals surface area (Å²) in [6, 6.07) is 11.9. The van der Waals surface area contributed by atoms with E-state index in [1.165, 1.54) is 0 Å². The van der Waals surface area contributed by atoms with Crippen LogP contribution in [-0.4, -0.2) is 37.8 Å². The molecule has 0 aliphatic carbocycles. The lowest BCUT2D eigenvalue weighted by atomic mass is 10.0. The second kappa shape index (κ2) is 5.66. The largest absolute Gasteiger partial charge is 0.395 e. The third-order valence-electron chi connectivity index (χ3n) is 3.71. The first-order valence-electron chi connectivity index (χ1n) is 7.40. The van der Waals surface area contributed by atoms with Crippen LogP contribution in [0.4, 0.5) is 5.82 Å². The maximum absolute atomic E-state index is 8.94. The first-order valence-corrected chi connectivity index (χ1v) is 7.40. The molecule has 2 N–H and O–H groups in total. The minimum absolute atomic E-state index is 0.0617. The quantitative estimate of drug-likeness (QED) is 0.605. The molecule has 0 radical (unpaired) electrons. The van der Waals surface area contributed by atoms with Gasteiger partial charge in [-0.1, -0.05) is 24.3 Å². The zero-order chi connectivity index (χ0) is 15.6. The van der Waals surface area contributed by atoms with E-state index in [0.29, 0.717) is 12.4 Å². The molecule has 1 aromatic carbocycles. The molecule has 0 atom stereocenters. The van der Waals surface area contributed by atoms with E-state index in [9.17, 15) is 0 Å². The summed E-state index contributed by atoms with van der Waals surface area (Å²) in [6.07, 6.45) is 5.45. The van der Waals surface area contributed by atoms with Gasteiger partial charge in [-0.15, -0.1) is 0 Å². The van der Waals surface area contributed by atoms with Crippen LogP contribution >= 0.6 is 0 Å². The number of anilines is 1. The van der Waals surface area contributed by atoms with Gasteiger partial charge in [-0.05, 0) is 12.1 Å². The Morgan fingerprint density at radius 2 is 2.00 bits per heavy atom. The summed E-state index contributed by atoms with van der Waals surface area (Å²) in [6.45, 7) is 0.523. The van der Waals surface area contributed by atoms with Crippen LogP contribution in [0.2, 0.25) is 0 Å². The smallest absolute Gasteiger partial charge is 0.165 e. The fraction of sp³-hybridized carbons (Fsp3) is 0.118. The minimum atomic E-state index is 0.0617. The molecule has 3 aromatic heterocycles. The second-order valence-corrected chi connectivity index (χ2v) is 5.17. The number of rotatable bonds is 4. The Labute approximate surface area is 132 Å². The number of hydrogen-bond acceptors (Lipinski definition) is 5. The molecule has 3 heterocycles. The molecule has 4 aromatic rings. The highest BCUT2D eigenvalue weighted by Crippen LogP contribution is 2.29. The van der Waals surface area contributed by atoms with Crippen LogP contribution in [0, 0.1) is 0 Å². The first kappa shape index (κ1) is 13.7. The fourth-order valence-corrected chi connectivity index (χ4v) is 2.66. The van der Waals surface area contributed by atoms with Gasteiger partial charge in [0.15, 0.2) is 5.65 Å². The highest BCUT2D eigenvalue weighted by atomic mass is 16.3.